The van der Waals surface area contributed by atoms with E-state index in [2.05, 4.69) is 36.3 Å². The average molecular weight is 452 g/mol. The molecule has 0 radical (unpaired) electrons. The van der Waals surface area contributed by atoms with E-state index >= 15 is 0 Å². The van der Waals surface area contributed by atoms with Gasteiger partial charge in [-0.25, -0.2) is 0 Å². The predicted octanol–water partition coefficient (Wildman–Crippen LogP) is 6.40. The first-order valence-corrected chi connectivity index (χ1v) is 10.9. The number of nitrogens with zero attached hydrogens (tertiary/aromatic N) is 2. The molecular weight excluding hydrogens is 431 g/mol. The van der Waals surface area contributed by atoms with Crippen molar-refractivity contribution in [2.75, 3.05) is 5.32 Å². The maximum absolute atomic E-state index is 12.6. The monoisotopic (exact) mass is 451 g/mol. The lowest BCUT2D eigenvalue weighted by atomic mass is 9.87. The van der Waals surface area contributed by atoms with Gasteiger partial charge in [-0.15, -0.1) is 10.2 Å². The largest absolute Gasteiger partial charge is 0.416 e. The van der Waals surface area contributed by atoms with E-state index in [9.17, 15) is 18.0 Å². The maximum atomic E-state index is 12.6. The summed E-state index contributed by atoms with van der Waals surface area (Å²) in [6.45, 7) is 6.31. The standard InChI is InChI=1S/C21H20F3N3OS2/c1-20(2,3)15-10-6-14(7-11-15)17(28)25-18-26-27-19(30-18)29-12-13-4-8-16(9-5-13)21(22,23)24/h4-11H,12H2,1-3H3,(H,25,26,28). The van der Waals surface area contributed by atoms with Crippen LogP contribution in [-0.4, -0.2) is 16.1 Å². The van der Waals surface area contributed by atoms with Crippen LogP contribution < -0.4 is 5.32 Å². The highest BCUT2D eigenvalue weighted by atomic mass is 32.2. The molecule has 3 rings (SSSR count). The number of hydrogen-bond donors (Lipinski definition) is 1. The van der Waals surface area contributed by atoms with Gasteiger partial charge in [0.25, 0.3) is 5.91 Å². The predicted molar refractivity (Wildman–Crippen MR) is 114 cm³/mol. The van der Waals surface area contributed by atoms with Crippen LogP contribution in [0.3, 0.4) is 0 Å². The van der Waals surface area contributed by atoms with E-state index in [0.717, 1.165) is 23.3 Å². The Bertz CT molecular complexity index is 1010. The van der Waals surface area contributed by atoms with Gasteiger partial charge in [0.15, 0.2) is 4.34 Å². The van der Waals surface area contributed by atoms with Gasteiger partial charge >= 0.3 is 6.18 Å². The molecule has 1 aromatic heterocycles. The number of hydrogen-bond acceptors (Lipinski definition) is 5. The molecule has 0 bridgehead atoms. The lowest BCUT2D eigenvalue weighted by Crippen LogP contribution is -2.14. The maximum Gasteiger partial charge on any atom is 0.416 e. The summed E-state index contributed by atoms with van der Waals surface area (Å²) < 4.78 is 38.5. The van der Waals surface area contributed by atoms with Gasteiger partial charge in [-0.05, 0) is 40.8 Å². The van der Waals surface area contributed by atoms with Crippen molar-refractivity contribution in [2.24, 2.45) is 0 Å². The van der Waals surface area contributed by atoms with E-state index in [1.165, 1.54) is 35.2 Å². The highest BCUT2D eigenvalue weighted by Gasteiger charge is 2.29. The number of aromatic nitrogens is 2. The number of thioether (sulfide) groups is 1. The minimum absolute atomic E-state index is 0.00737. The molecule has 0 unspecified atom stereocenters. The molecule has 0 aliphatic heterocycles. The highest BCUT2D eigenvalue weighted by molar-refractivity contribution is 8.00. The van der Waals surface area contributed by atoms with E-state index in [4.69, 9.17) is 0 Å². The molecule has 1 amide bonds. The Morgan fingerprint density at radius 1 is 0.967 bits per heavy atom. The fourth-order valence-electron chi connectivity index (χ4n) is 2.54. The van der Waals surface area contributed by atoms with Crippen molar-refractivity contribution >= 4 is 34.1 Å². The van der Waals surface area contributed by atoms with E-state index < -0.39 is 11.7 Å². The van der Waals surface area contributed by atoms with Crippen molar-refractivity contribution in [1.82, 2.24) is 10.2 Å². The normalized spacial score (nSPS) is 12.1. The molecule has 0 atom stereocenters. The molecule has 1 heterocycles. The van der Waals surface area contributed by atoms with Gasteiger partial charge < -0.3 is 0 Å². The summed E-state index contributed by atoms with van der Waals surface area (Å²) in [5, 5.41) is 11.1. The topological polar surface area (TPSA) is 54.9 Å². The lowest BCUT2D eigenvalue weighted by Gasteiger charge is -2.18. The third-order valence-electron chi connectivity index (χ3n) is 4.28. The van der Waals surface area contributed by atoms with Crippen LogP contribution in [0.5, 0.6) is 0 Å². The zero-order chi connectivity index (χ0) is 21.9. The molecule has 1 N–H and O–H groups in total. The molecule has 0 fully saturated rings. The van der Waals surface area contributed by atoms with Crippen molar-refractivity contribution in [3.63, 3.8) is 0 Å². The second kappa shape index (κ2) is 8.77. The van der Waals surface area contributed by atoms with Crippen LogP contribution in [0.15, 0.2) is 52.9 Å². The molecular formula is C21H20F3N3OS2. The summed E-state index contributed by atoms with van der Waals surface area (Å²) in [6.07, 6.45) is -4.34. The molecule has 0 saturated heterocycles. The second-order valence-corrected chi connectivity index (χ2v) is 9.84. The highest BCUT2D eigenvalue weighted by Crippen LogP contribution is 2.32. The van der Waals surface area contributed by atoms with Crippen molar-refractivity contribution in [3.05, 3.63) is 70.8 Å². The van der Waals surface area contributed by atoms with E-state index in [1.807, 2.05) is 12.1 Å². The van der Waals surface area contributed by atoms with Crippen LogP contribution in [0.1, 0.15) is 47.8 Å². The number of benzene rings is 2. The van der Waals surface area contributed by atoms with Crippen molar-refractivity contribution in [3.8, 4) is 0 Å². The summed E-state index contributed by atoms with van der Waals surface area (Å²) in [5.41, 5.74) is 1.74. The zero-order valence-corrected chi connectivity index (χ0v) is 18.2. The molecule has 30 heavy (non-hydrogen) atoms. The van der Waals surface area contributed by atoms with Crippen LogP contribution in [0.4, 0.5) is 18.3 Å². The Balaban J connectivity index is 1.56. The molecule has 2 aromatic carbocycles. The molecule has 158 valence electrons. The number of carbonyl (C=O) groups excluding carboxylic acids is 1. The number of nitrogens with one attached hydrogen (secondary N) is 1. The van der Waals surface area contributed by atoms with Crippen LogP contribution in [0, 0.1) is 0 Å². The van der Waals surface area contributed by atoms with Gasteiger partial charge in [-0.2, -0.15) is 13.2 Å². The third-order valence-corrected chi connectivity index (χ3v) is 6.33. The smallest absolute Gasteiger partial charge is 0.296 e. The van der Waals surface area contributed by atoms with E-state index in [0.29, 0.717) is 20.8 Å². The molecule has 0 saturated carbocycles. The first-order chi connectivity index (χ1) is 14.0. The number of amides is 1. The van der Waals surface area contributed by atoms with Crippen LogP contribution in [0.2, 0.25) is 0 Å². The van der Waals surface area contributed by atoms with Gasteiger partial charge in [-0.1, -0.05) is 68.1 Å². The van der Waals surface area contributed by atoms with E-state index in [-0.39, 0.29) is 11.3 Å². The summed E-state index contributed by atoms with van der Waals surface area (Å²) >= 11 is 2.57. The average Bonchev–Trinajstić information content (AvgIpc) is 3.13. The van der Waals surface area contributed by atoms with Crippen molar-refractivity contribution in [2.45, 2.75) is 42.5 Å². The van der Waals surface area contributed by atoms with Gasteiger partial charge in [0.2, 0.25) is 5.13 Å². The fraction of sp³-hybridized carbons (Fsp3) is 0.286. The van der Waals surface area contributed by atoms with Gasteiger partial charge in [-0.3, -0.25) is 10.1 Å². The van der Waals surface area contributed by atoms with Crippen LogP contribution in [-0.2, 0) is 17.3 Å². The summed E-state index contributed by atoms with van der Waals surface area (Å²) in [5.74, 6) is 0.181. The molecule has 0 aliphatic carbocycles. The van der Waals surface area contributed by atoms with E-state index in [1.54, 1.807) is 12.1 Å². The number of alkyl halides is 3. The Morgan fingerprint density at radius 2 is 1.57 bits per heavy atom. The summed E-state index contributed by atoms with van der Waals surface area (Å²) in [4.78, 5) is 12.4. The number of rotatable bonds is 5. The Hall–Kier alpha value is -2.39. The van der Waals surface area contributed by atoms with Crippen molar-refractivity contribution < 1.29 is 18.0 Å². The number of halogens is 3. The van der Waals surface area contributed by atoms with Crippen molar-refractivity contribution in [1.29, 1.82) is 0 Å². The molecule has 3 aromatic rings. The SMILES string of the molecule is CC(C)(C)c1ccc(C(=O)Nc2nnc(SCc3ccc(C(F)(F)F)cc3)s2)cc1. The fourth-order valence-corrected chi connectivity index (χ4v) is 4.25. The van der Waals surface area contributed by atoms with Gasteiger partial charge in [0, 0.05) is 11.3 Å². The minimum atomic E-state index is -4.34. The van der Waals surface area contributed by atoms with Crippen LogP contribution >= 0.6 is 23.1 Å². The Labute approximate surface area is 180 Å². The second-order valence-electron chi connectivity index (χ2n) is 7.64. The number of anilines is 1. The molecule has 0 aliphatic rings. The van der Waals surface area contributed by atoms with Crippen LogP contribution in [0.25, 0.3) is 0 Å². The lowest BCUT2D eigenvalue weighted by molar-refractivity contribution is -0.137. The quantitative estimate of drug-likeness (QED) is 0.360. The Kier molecular flexibility index (Phi) is 6.52. The third kappa shape index (κ3) is 5.82. The van der Waals surface area contributed by atoms with Gasteiger partial charge in [0.1, 0.15) is 0 Å². The zero-order valence-electron chi connectivity index (χ0n) is 16.6. The summed E-state index contributed by atoms with van der Waals surface area (Å²) in [6, 6.07) is 12.4. The summed E-state index contributed by atoms with van der Waals surface area (Å²) in [7, 11) is 0. The first kappa shape index (κ1) is 22.3. The van der Waals surface area contributed by atoms with Gasteiger partial charge in [0.05, 0.1) is 5.56 Å². The first-order valence-electron chi connectivity index (χ1n) is 9.07. The Morgan fingerprint density at radius 3 is 2.13 bits per heavy atom. The molecule has 9 heteroatoms. The molecule has 0 spiro atoms. The molecule has 4 nitrogen and oxygen atoms in total. The minimum Gasteiger partial charge on any atom is -0.296 e. The number of carbonyl (C=O) groups is 1.